The number of nitrogens with zero attached hydrogens (tertiary/aromatic N) is 1. The van der Waals surface area contributed by atoms with Crippen molar-refractivity contribution >= 4 is 43.7 Å². The molecule has 11 aromatic rings. The molecule has 0 aliphatic rings. The first-order valence-corrected chi connectivity index (χ1v) is 20.8. The molecule has 0 heterocycles. The highest BCUT2D eigenvalue weighted by molar-refractivity contribution is 6.08. The Morgan fingerprint density at radius 3 is 1.63 bits per heavy atom. The third-order valence-electron chi connectivity index (χ3n) is 11.7. The molecule has 0 aromatic heterocycles. The Bertz CT molecular complexity index is 3790. The van der Waals surface area contributed by atoms with Crippen molar-refractivity contribution in [2.24, 2.45) is 0 Å². The van der Waals surface area contributed by atoms with E-state index in [0.29, 0.717) is 22.4 Å². The second-order valence-electron chi connectivity index (χ2n) is 15.5. The van der Waals surface area contributed by atoms with Crippen LogP contribution in [-0.2, 0) is 6.54 Å². The SMILES string of the molecule is [2H]c1c([2H])c(-c2cccc(-c3cccc4ccccc34)c2)c([2H])c([2H])c1CN(c1ccccc1-c1ccc(-c2ccccc2)cc1)c1c([2H])c([2H])c(-c2ccc3c(ccc4ccccc43)c2)c([2H])c1[2H]. The molecule has 11 rings (SSSR count). The summed E-state index contributed by atoms with van der Waals surface area (Å²) in [6, 6.07) is 63.0. The molecule has 1 nitrogen and oxygen atoms in total. The van der Waals surface area contributed by atoms with E-state index in [1.807, 2.05) is 164 Å². The molecule has 0 fully saturated rings. The molecule has 1 heteroatoms. The summed E-state index contributed by atoms with van der Waals surface area (Å²) in [5, 5.41) is 6.20. The monoisotopic (exact) mass is 797 g/mol. The number of benzene rings is 11. The highest BCUT2D eigenvalue weighted by Gasteiger charge is 2.17. The van der Waals surface area contributed by atoms with Crippen molar-refractivity contribution in [1.82, 2.24) is 0 Å². The molecule has 0 atom stereocenters. The van der Waals surface area contributed by atoms with Gasteiger partial charge in [0.05, 0.1) is 11.0 Å². The van der Waals surface area contributed by atoms with Gasteiger partial charge in [-0.3, -0.25) is 0 Å². The molecular weight excluding hydrogens is 747 g/mol. The molecule has 0 radical (unpaired) electrons. The average molecular weight is 798 g/mol. The fourth-order valence-corrected chi connectivity index (χ4v) is 8.50. The lowest BCUT2D eigenvalue weighted by Gasteiger charge is -2.28. The molecule has 0 saturated carbocycles. The topological polar surface area (TPSA) is 3.24 Å². The van der Waals surface area contributed by atoms with Crippen LogP contribution in [-0.4, -0.2) is 0 Å². The number of para-hydroxylation sites is 1. The van der Waals surface area contributed by atoms with Crippen molar-refractivity contribution in [3.63, 3.8) is 0 Å². The van der Waals surface area contributed by atoms with Gasteiger partial charge in [-0.05, 0) is 118 Å². The summed E-state index contributed by atoms with van der Waals surface area (Å²) in [5.41, 5.74) is 7.33. The van der Waals surface area contributed by atoms with Gasteiger partial charge in [-0.1, -0.05) is 218 Å². The molecule has 0 N–H and O–H groups in total. The van der Waals surface area contributed by atoms with Crippen LogP contribution in [0.1, 0.15) is 16.5 Å². The van der Waals surface area contributed by atoms with Crippen molar-refractivity contribution in [3.05, 3.63) is 254 Å². The second-order valence-corrected chi connectivity index (χ2v) is 15.5. The molecular formula is C61H43N. The fraction of sp³-hybridized carbons (Fsp3) is 0.0164. The molecule has 0 spiro atoms. The van der Waals surface area contributed by atoms with Crippen LogP contribution in [0.15, 0.2) is 249 Å². The van der Waals surface area contributed by atoms with Gasteiger partial charge in [0, 0.05) is 23.5 Å². The Balaban J connectivity index is 1.06. The largest absolute Gasteiger partial charge is 0.336 e. The fourth-order valence-electron chi connectivity index (χ4n) is 8.50. The van der Waals surface area contributed by atoms with Crippen molar-refractivity contribution < 1.29 is 11.0 Å². The average Bonchev–Trinajstić information content (AvgIpc) is 3.40. The van der Waals surface area contributed by atoms with Crippen LogP contribution >= 0.6 is 0 Å². The zero-order chi connectivity index (χ0) is 48.2. The first-order chi connectivity index (χ1) is 34.1. The van der Waals surface area contributed by atoms with Crippen molar-refractivity contribution in [2.75, 3.05) is 4.90 Å². The molecule has 0 saturated heterocycles. The normalized spacial score (nSPS) is 13.1. The molecule has 292 valence electrons. The summed E-state index contributed by atoms with van der Waals surface area (Å²) in [6.45, 7) is -0.302. The quantitative estimate of drug-likeness (QED) is 0.132. The minimum absolute atomic E-state index is 0.0425. The van der Waals surface area contributed by atoms with E-state index in [9.17, 15) is 11.0 Å². The third-order valence-corrected chi connectivity index (χ3v) is 11.7. The van der Waals surface area contributed by atoms with Crippen molar-refractivity contribution in [1.29, 1.82) is 0 Å². The van der Waals surface area contributed by atoms with Crippen LogP contribution in [0.3, 0.4) is 0 Å². The summed E-state index contributed by atoms with van der Waals surface area (Å²) in [6.07, 6.45) is 0. The molecule has 0 unspecified atom stereocenters. The van der Waals surface area contributed by atoms with Crippen LogP contribution in [0, 0.1) is 0 Å². The summed E-state index contributed by atoms with van der Waals surface area (Å²) in [7, 11) is 0. The van der Waals surface area contributed by atoms with Crippen LogP contribution in [0.2, 0.25) is 0 Å². The van der Waals surface area contributed by atoms with E-state index in [4.69, 9.17) is 0 Å². The third kappa shape index (κ3) is 7.21. The predicted molar refractivity (Wildman–Crippen MR) is 265 cm³/mol. The lowest BCUT2D eigenvalue weighted by molar-refractivity contribution is 0.977. The van der Waals surface area contributed by atoms with Gasteiger partial charge < -0.3 is 4.90 Å². The molecule has 0 aliphatic carbocycles. The molecule has 0 amide bonds. The maximum Gasteiger partial charge on any atom is 0.0645 e. The van der Waals surface area contributed by atoms with E-state index < -0.39 is 0 Å². The molecule has 62 heavy (non-hydrogen) atoms. The standard InChI is InChI=1S/C61H43N/c1-2-12-44(13-3-1)45-28-30-50(31-29-45)60-21-8-9-23-61(60)62(55-37-34-47(35-38-55)52-36-39-59-54(41-52)33-32-49-15-5-7-20-57(49)59)42-43-24-26-46(27-25-43)51-17-10-18-53(40-51)58-22-11-16-48-14-4-6-19-56(48)58/h1-41H,42H2/i24D,25D,26D,27D,34D,35D,37D,38D. The van der Waals surface area contributed by atoms with E-state index in [-0.39, 0.29) is 77.3 Å². The Morgan fingerprint density at radius 1 is 0.306 bits per heavy atom. The summed E-state index contributed by atoms with van der Waals surface area (Å²) < 4.78 is 76.6. The van der Waals surface area contributed by atoms with E-state index in [1.165, 1.54) is 0 Å². The van der Waals surface area contributed by atoms with Gasteiger partial charge in [0.25, 0.3) is 0 Å². The number of fused-ring (bicyclic) bond motifs is 4. The van der Waals surface area contributed by atoms with E-state index >= 15 is 0 Å². The zero-order valence-corrected chi connectivity index (χ0v) is 33.7. The van der Waals surface area contributed by atoms with E-state index in [0.717, 1.165) is 60.1 Å². The molecule has 11 aromatic carbocycles. The first kappa shape index (κ1) is 29.3. The van der Waals surface area contributed by atoms with Crippen LogP contribution < -0.4 is 4.90 Å². The van der Waals surface area contributed by atoms with Gasteiger partial charge in [-0.25, -0.2) is 0 Å². The highest BCUT2D eigenvalue weighted by Crippen LogP contribution is 2.39. The van der Waals surface area contributed by atoms with Crippen molar-refractivity contribution in [2.45, 2.75) is 6.54 Å². The predicted octanol–water partition coefficient (Wildman–Crippen LogP) is 16.8. The van der Waals surface area contributed by atoms with Gasteiger partial charge in [-0.2, -0.15) is 0 Å². The summed E-state index contributed by atoms with van der Waals surface area (Å²) >= 11 is 0. The van der Waals surface area contributed by atoms with Gasteiger partial charge in [0.2, 0.25) is 0 Å². The van der Waals surface area contributed by atoms with Crippen LogP contribution in [0.4, 0.5) is 11.4 Å². The second kappa shape index (κ2) is 16.2. The van der Waals surface area contributed by atoms with Crippen LogP contribution in [0.5, 0.6) is 0 Å². The maximum atomic E-state index is 9.72. The van der Waals surface area contributed by atoms with E-state index in [2.05, 4.69) is 30.3 Å². The highest BCUT2D eigenvalue weighted by atomic mass is 15.1. The van der Waals surface area contributed by atoms with Crippen molar-refractivity contribution in [3.8, 4) is 55.6 Å². The van der Waals surface area contributed by atoms with Gasteiger partial charge in [0.1, 0.15) is 0 Å². The Kier molecular flexibility index (Phi) is 7.65. The minimum Gasteiger partial charge on any atom is -0.336 e. The summed E-state index contributed by atoms with van der Waals surface area (Å²) in [5.74, 6) is 0. The smallest absolute Gasteiger partial charge is 0.0645 e. The number of rotatable bonds is 9. The molecule has 0 bridgehead atoms. The number of hydrogen-bond acceptors (Lipinski definition) is 1. The van der Waals surface area contributed by atoms with Gasteiger partial charge >= 0.3 is 0 Å². The maximum absolute atomic E-state index is 9.72. The lowest BCUT2D eigenvalue weighted by atomic mass is 9.95. The minimum atomic E-state index is -0.305. The van der Waals surface area contributed by atoms with E-state index in [1.54, 1.807) is 11.0 Å². The Labute approximate surface area is 374 Å². The Morgan fingerprint density at radius 2 is 0.823 bits per heavy atom. The summed E-state index contributed by atoms with van der Waals surface area (Å²) in [4.78, 5) is 1.63. The number of anilines is 2. The van der Waals surface area contributed by atoms with Gasteiger partial charge in [-0.15, -0.1) is 0 Å². The van der Waals surface area contributed by atoms with Crippen LogP contribution in [0.25, 0.3) is 88.0 Å². The molecule has 0 aliphatic heterocycles. The zero-order valence-electron chi connectivity index (χ0n) is 41.7. The number of hydrogen-bond donors (Lipinski definition) is 0. The Hall–Kier alpha value is -8.00. The first-order valence-electron chi connectivity index (χ1n) is 24.8. The lowest BCUT2D eigenvalue weighted by Crippen LogP contribution is -2.17. The van der Waals surface area contributed by atoms with Gasteiger partial charge in [0.15, 0.2) is 0 Å².